The minimum Gasteiger partial charge on any atom is -0.489 e. The topological polar surface area (TPSA) is 61.8 Å². The lowest BCUT2D eigenvalue weighted by Crippen LogP contribution is -2.12. The number of esters is 2. The van der Waals surface area contributed by atoms with Crippen LogP contribution in [0.15, 0.2) is 24.3 Å². The van der Waals surface area contributed by atoms with Crippen LogP contribution in [0.2, 0.25) is 0 Å². The van der Waals surface area contributed by atoms with E-state index in [2.05, 4.69) is 0 Å². The molecule has 5 nitrogen and oxygen atoms in total. The van der Waals surface area contributed by atoms with E-state index < -0.39 is 0 Å². The second-order valence-corrected chi connectivity index (χ2v) is 5.80. The number of fused-ring (bicyclic) bond motifs is 3. The molecule has 2 aromatic rings. The van der Waals surface area contributed by atoms with Crippen LogP contribution in [-0.2, 0) is 16.0 Å². The molecule has 0 fully saturated rings. The Morgan fingerprint density at radius 2 is 1.62 bits per heavy atom. The third-order valence-corrected chi connectivity index (χ3v) is 3.99. The van der Waals surface area contributed by atoms with Crippen molar-refractivity contribution in [2.45, 2.75) is 46.1 Å². The summed E-state index contributed by atoms with van der Waals surface area (Å²) >= 11 is 0. The second-order valence-electron chi connectivity index (χ2n) is 5.80. The van der Waals surface area contributed by atoms with Crippen LogP contribution in [0.1, 0.15) is 39.2 Å². The molecule has 1 aliphatic heterocycles. The van der Waals surface area contributed by atoms with Crippen LogP contribution < -0.4 is 14.2 Å². The smallest absolute Gasteiger partial charge is 0.311 e. The Morgan fingerprint density at radius 1 is 1.04 bits per heavy atom. The molecular weight excluding hydrogens is 308 g/mol. The lowest BCUT2D eigenvalue weighted by molar-refractivity contribution is -0.136. The quantitative estimate of drug-likeness (QED) is 0.631. The summed E-state index contributed by atoms with van der Waals surface area (Å²) in [7, 11) is 0. The largest absolute Gasteiger partial charge is 0.489 e. The fourth-order valence-electron chi connectivity index (χ4n) is 2.84. The van der Waals surface area contributed by atoms with Crippen molar-refractivity contribution in [1.82, 2.24) is 0 Å². The van der Waals surface area contributed by atoms with Crippen molar-refractivity contribution in [2.24, 2.45) is 0 Å². The Kier molecular flexibility index (Phi) is 4.42. The highest BCUT2D eigenvalue weighted by molar-refractivity contribution is 5.99. The maximum Gasteiger partial charge on any atom is 0.311 e. The van der Waals surface area contributed by atoms with E-state index in [9.17, 15) is 9.59 Å². The van der Waals surface area contributed by atoms with E-state index in [-0.39, 0.29) is 30.9 Å². The number of hydrogen-bond donors (Lipinski definition) is 0. The first-order chi connectivity index (χ1) is 11.5. The molecule has 3 rings (SSSR count). The maximum atomic E-state index is 11.9. The van der Waals surface area contributed by atoms with Crippen molar-refractivity contribution in [3.05, 3.63) is 29.8 Å². The van der Waals surface area contributed by atoms with Crippen molar-refractivity contribution in [1.29, 1.82) is 0 Å². The lowest BCUT2D eigenvalue weighted by atomic mass is 10.0. The predicted molar refractivity (Wildman–Crippen MR) is 89.6 cm³/mol. The van der Waals surface area contributed by atoms with Gasteiger partial charge in [0.15, 0.2) is 11.5 Å². The normalized spacial score (nSPS) is 15.7. The van der Waals surface area contributed by atoms with Crippen LogP contribution in [0, 0.1) is 0 Å². The Hall–Kier alpha value is -2.56. The first kappa shape index (κ1) is 16.3. The van der Waals surface area contributed by atoms with Crippen molar-refractivity contribution >= 4 is 22.7 Å². The summed E-state index contributed by atoms with van der Waals surface area (Å²) in [5.41, 5.74) is 0.780. The molecule has 1 unspecified atom stereocenters. The van der Waals surface area contributed by atoms with E-state index in [0.717, 1.165) is 10.9 Å². The fourth-order valence-corrected chi connectivity index (χ4v) is 2.84. The van der Waals surface area contributed by atoms with Gasteiger partial charge in [-0.2, -0.15) is 0 Å². The third kappa shape index (κ3) is 2.82. The SMILES string of the molecule is CCC(=O)Oc1c2c(c3ccccc3c1OC(=O)CC)OC(C)C2. The van der Waals surface area contributed by atoms with Gasteiger partial charge in [-0.3, -0.25) is 9.59 Å². The maximum absolute atomic E-state index is 11.9. The monoisotopic (exact) mass is 328 g/mol. The third-order valence-electron chi connectivity index (χ3n) is 3.99. The highest BCUT2D eigenvalue weighted by atomic mass is 16.6. The van der Waals surface area contributed by atoms with Gasteiger partial charge >= 0.3 is 11.9 Å². The van der Waals surface area contributed by atoms with Crippen molar-refractivity contribution < 1.29 is 23.8 Å². The zero-order valence-electron chi connectivity index (χ0n) is 14.0. The predicted octanol–water partition coefficient (Wildman–Crippen LogP) is 3.79. The van der Waals surface area contributed by atoms with Crippen LogP contribution >= 0.6 is 0 Å². The number of rotatable bonds is 4. The first-order valence-electron chi connectivity index (χ1n) is 8.20. The molecule has 0 saturated heterocycles. The van der Waals surface area contributed by atoms with E-state index in [1.54, 1.807) is 13.8 Å². The summed E-state index contributed by atoms with van der Waals surface area (Å²) in [4.78, 5) is 23.8. The minimum atomic E-state index is -0.374. The van der Waals surface area contributed by atoms with Crippen molar-refractivity contribution in [3.8, 4) is 17.2 Å². The number of benzene rings is 2. The molecular formula is C19H20O5. The Balaban J connectivity index is 2.27. The highest BCUT2D eigenvalue weighted by Gasteiger charge is 2.31. The summed E-state index contributed by atoms with van der Waals surface area (Å²) in [6, 6.07) is 7.50. The van der Waals surface area contributed by atoms with Crippen LogP contribution in [0.4, 0.5) is 0 Å². The van der Waals surface area contributed by atoms with Gasteiger partial charge in [-0.1, -0.05) is 38.1 Å². The fraction of sp³-hybridized carbons (Fsp3) is 0.368. The molecule has 0 amide bonds. The van der Waals surface area contributed by atoms with Gasteiger partial charge in [0.05, 0.1) is 0 Å². The number of carbonyl (C=O) groups excluding carboxylic acids is 2. The molecule has 0 aromatic heterocycles. The van der Waals surface area contributed by atoms with Gasteiger partial charge in [0, 0.05) is 35.6 Å². The lowest BCUT2D eigenvalue weighted by Gasteiger charge is -2.16. The molecule has 1 heterocycles. The average Bonchev–Trinajstić information content (AvgIpc) is 2.99. The van der Waals surface area contributed by atoms with E-state index >= 15 is 0 Å². The van der Waals surface area contributed by atoms with Gasteiger partial charge in [0.25, 0.3) is 0 Å². The molecule has 1 aliphatic rings. The Morgan fingerprint density at radius 3 is 2.25 bits per heavy atom. The molecule has 0 aliphatic carbocycles. The summed E-state index contributed by atoms with van der Waals surface area (Å²) in [5.74, 6) is 0.562. The van der Waals surface area contributed by atoms with Gasteiger partial charge < -0.3 is 14.2 Å². The number of hydrogen-bond acceptors (Lipinski definition) is 5. The van der Waals surface area contributed by atoms with Gasteiger partial charge in [0.1, 0.15) is 11.9 Å². The summed E-state index contributed by atoms with van der Waals surface area (Å²) in [5, 5.41) is 1.55. The van der Waals surface area contributed by atoms with E-state index in [4.69, 9.17) is 14.2 Å². The van der Waals surface area contributed by atoms with Crippen LogP contribution in [0.5, 0.6) is 17.2 Å². The van der Waals surface area contributed by atoms with E-state index in [0.29, 0.717) is 29.1 Å². The molecule has 0 bridgehead atoms. The summed E-state index contributed by atoms with van der Waals surface area (Å²) in [6.45, 7) is 5.40. The second kappa shape index (κ2) is 6.51. The first-order valence-corrected chi connectivity index (χ1v) is 8.20. The number of ether oxygens (including phenoxy) is 3. The zero-order valence-corrected chi connectivity index (χ0v) is 14.0. The van der Waals surface area contributed by atoms with Crippen LogP contribution in [-0.4, -0.2) is 18.0 Å². The number of carbonyl (C=O) groups is 2. The van der Waals surface area contributed by atoms with Crippen molar-refractivity contribution in [3.63, 3.8) is 0 Å². The molecule has 0 saturated carbocycles. The van der Waals surface area contributed by atoms with Gasteiger partial charge in [0.2, 0.25) is 0 Å². The molecule has 0 radical (unpaired) electrons. The van der Waals surface area contributed by atoms with Gasteiger partial charge in [-0.15, -0.1) is 0 Å². The molecule has 5 heteroatoms. The highest BCUT2D eigenvalue weighted by Crippen LogP contribution is 2.49. The van der Waals surface area contributed by atoms with Crippen LogP contribution in [0.3, 0.4) is 0 Å². The zero-order chi connectivity index (χ0) is 17.3. The summed E-state index contributed by atoms with van der Waals surface area (Å²) < 4.78 is 17.0. The molecule has 2 aromatic carbocycles. The van der Waals surface area contributed by atoms with Gasteiger partial charge in [-0.05, 0) is 6.92 Å². The van der Waals surface area contributed by atoms with E-state index in [1.165, 1.54) is 0 Å². The van der Waals surface area contributed by atoms with Crippen molar-refractivity contribution in [2.75, 3.05) is 0 Å². The Labute approximate surface area is 140 Å². The van der Waals surface area contributed by atoms with E-state index in [1.807, 2.05) is 31.2 Å². The standard InChI is InChI=1S/C19H20O5/c1-4-15(20)23-18-13-9-7-6-8-12(13)17-14(10-11(3)22-17)19(18)24-16(21)5-2/h6-9,11H,4-5,10H2,1-3H3. The Bertz CT molecular complexity index is 809. The molecule has 24 heavy (non-hydrogen) atoms. The molecule has 126 valence electrons. The molecule has 0 N–H and O–H groups in total. The van der Waals surface area contributed by atoms with Crippen LogP contribution in [0.25, 0.3) is 10.8 Å². The summed E-state index contributed by atoms with van der Waals surface area (Å²) in [6.07, 6.45) is 1.04. The molecule has 0 spiro atoms. The molecule has 1 atom stereocenters. The van der Waals surface area contributed by atoms with Gasteiger partial charge in [-0.25, -0.2) is 0 Å². The minimum absolute atomic E-state index is 0.0281. The average molecular weight is 328 g/mol.